The van der Waals surface area contributed by atoms with Crippen LogP contribution in [-0.4, -0.2) is 60.4 Å². The first kappa shape index (κ1) is 16.2. The van der Waals surface area contributed by atoms with Crippen LogP contribution >= 0.6 is 0 Å². The molecule has 1 amide bonds. The molecule has 3 aliphatic heterocycles. The second-order valence-electron chi connectivity index (χ2n) is 7.27. The van der Waals surface area contributed by atoms with E-state index in [1.165, 1.54) is 6.42 Å². The molecule has 6 nitrogen and oxygen atoms in total. The van der Waals surface area contributed by atoms with Gasteiger partial charge in [-0.25, -0.2) is 0 Å². The highest BCUT2D eigenvalue weighted by Gasteiger charge is 2.53. The Morgan fingerprint density at radius 1 is 0.955 bits per heavy atom. The maximum absolute atomic E-state index is 12.8. The smallest absolute Gasteiger partial charge is 0.254 e. The van der Waals surface area contributed by atoms with Gasteiger partial charge in [0.2, 0.25) is 0 Å². The molecule has 0 spiro atoms. The summed E-state index contributed by atoms with van der Waals surface area (Å²) in [6.45, 7) is 9.44. The molecule has 3 atom stereocenters. The lowest BCUT2D eigenvalue weighted by atomic mass is 10.1. The van der Waals surface area contributed by atoms with Gasteiger partial charge in [-0.1, -0.05) is 0 Å². The monoisotopic (exact) mass is 313 g/mol. The number of nitrogens with zero attached hydrogens (tertiary/aromatic N) is 1. The van der Waals surface area contributed by atoms with Crippen molar-refractivity contribution >= 4 is 5.91 Å². The summed E-state index contributed by atoms with van der Waals surface area (Å²) in [6.07, 6.45) is 1.99. The van der Waals surface area contributed by atoms with E-state index in [1.54, 1.807) is 0 Å². The summed E-state index contributed by atoms with van der Waals surface area (Å²) >= 11 is 0. The van der Waals surface area contributed by atoms with E-state index in [0.29, 0.717) is 6.61 Å². The molecular formula is C16H27NO5. The molecule has 126 valence electrons. The molecule has 0 aromatic carbocycles. The summed E-state index contributed by atoms with van der Waals surface area (Å²) in [7, 11) is 0. The fourth-order valence-electron chi connectivity index (χ4n) is 3.42. The van der Waals surface area contributed by atoms with Gasteiger partial charge in [-0.05, 0) is 47.0 Å². The third-order valence-corrected chi connectivity index (χ3v) is 4.44. The van der Waals surface area contributed by atoms with Crippen LogP contribution in [0.15, 0.2) is 0 Å². The van der Waals surface area contributed by atoms with Gasteiger partial charge in [-0.15, -0.1) is 0 Å². The summed E-state index contributed by atoms with van der Waals surface area (Å²) in [5.74, 6) is -1.40. The van der Waals surface area contributed by atoms with Crippen LogP contribution < -0.4 is 0 Å². The van der Waals surface area contributed by atoms with Crippen LogP contribution in [0.1, 0.15) is 47.0 Å². The number of hydrogen-bond donors (Lipinski definition) is 0. The van der Waals surface area contributed by atoms with Crippen molar-refractivity contribution < 1.29 is 23.7 Å². The van der Waals surface area contributed by atoms with Crippen LogP contribution in [0.2, 0.25) is 0 Å². The first-order valence-electron chi connectivity index (χ1n) is 8.24. The third-order valence-electron chi connectivity index (χ3n) is 4.44. The Labute approximate surface area is 132 Å². The number of hydrogen-bond acceptors (Lipinski definition) is 5. The van der Waals surface area contributed by atoms with E-state index in [2.05, 4.69) is 0 Å². The molecule has 6 heteroatoms. The SMILES string of the molecule is CC1(C)OC[C@H]([C@H]2OC(C)(C)O[C@H]2C(=O)N2CCCCC2)O1. The molecular weight excluding hydrogens is 286 g/mol. The highest BCUT2D eigenvalue weighted by molar-refractivity contribution is 5.82. The predicted octanol–water partition coefficient (Wildman–Crippen LogP) is 1.67. The lowest BCUT2D eigenvalue weighted by Gasteiger charge is -2.31. The summed E-state index contributed by atoms with van der Waals surface area (Å²) < 4.78 is 23.4. The highest BCUT2D eigenvalue weighted by atomic mass is 16.8. The van der Waals surface area contributed by atoms with E-state index in [-0.39, 0.29) is 12.0 Å². The zero-order valence-corrected chi connectivity index (χ0v) is 14.0. The second-order valence-corrected chi connectivity index (χ2v) is 7.27. The summed E-state index contributed by atoms with van der Waals surface area (Å²) in [4.78, 5) is 14.7. The second kappa shape index (κ2) is 5.74. The highest BCUT2D eigenvalue weighted by Crippen LogP contribution is 2.36. The third kappa shape index (κ3) is 3.30. The predicted molar refractivity (Wildman–Crippen MR) is 79.2 cm³/mol. The normalized spacial score (nSPS) is 37.5. The maximum atomic E-state index is 12.8. The average molecular weight is 313 g/mol. The van der Waals surface area contributed by atoms with Crippen LogP contribution in [0.25, 0.3) is 0 Å². The number of rotatable bonds is 2. The Hall–Kier alpha value is -0.690. The molecule has 22 heavy (non-hydrogen) atoms. The van der Waals surface area contributed by atoms with Crippen LogP contribution in [0, 0.1) is 0 Å². The molecule has 3 saturated heterocycles. The van der Waals surface area contributed by atoms with Crippen molar-refractivity contribution in [3.8, 4) is 0 Å². The molecule has 3 aliphatic rings. The van der Waals surface area contributed by atoms with E-state index < -0.39 is 23.8 Å². The van der Waals surface area contributed by atoms with Crippen LogP contribution in [-0.2, 0) is 23.7 Å². The summed E-state index contributed by atoms with van der Waals surface area (Å²) in [5, 5.41) is 0. The molecule has 0 bridgehead atoms. The van der Waals surface area contributed by atoms with Crippen LogP contribution in [0.5, 0.6) is 0 Å². The van der Waals surface area contributed by atoms with Gasteiger partial charge in [0, 0.05) is 13.1 Å². The zero-order chi connectivity index (χ0) is 16.0. The number of amides is 1. The fourth-order valence-corrected chi connectivity index (χ4v) is 3.42. The van der Waals surface area contributed by atoms with Crippen molar-refractivity contribution in [3.05, 3.63) is 0 Å². The lowest BCUT2D eigenvalue weighted by Crippen LogP contribution is -2.49. The Kier molecular flexibility index (Phi) is 4.22. The Bertz CT molecular complexity index is 430. The van der Waals surface area contributed by atoms with Gasteiger partial charge in [0.25, 0.3) is 5.91 Å². The number of likely N-dealkylation sites (tertiary alicyclic amines) is 1. The lowest BCUT2D eigenvalue weighted by molar-refractivity contribution is -0.175. The van der Waals surface area contributed by atoms with E-state index in [0.717, 1.165) is 25.9 Å². The molecule has 3 heterocycles. The Morgan fingerprint density at radius 2 is 1.64 bits per heavy atom. The molecule has 0 aliphatic carbocycles. The van der Waals surface area contributed by atoms with Gasteiger partial charge in [-0.2, -0.15) is 0 Å². The topological polar surface area (TPSA) is 57.2 Å². The molecule has 0 N–H and O–H groups in total. The summed E-state index contributed by atoms with van der Waals surface area (Å²) in [6, 6.07) is 0. The minimum absolute atomic E-state index is 0.0172. The number of ether oxygens (including phenoxy) is 4. The number of carbonyl (C=O) groups excluding carboxylic acids is 1. The Balaban J connectivity index is 1.73. The van der Waals surface area contributed by atoms with Gasteiger partial charge in [0.1, 0.15) is 12.2 Å². The standard InChI is InChI=1S/C16H27NO5/c1-15(2)19-10-11(20-15)12-13(22-16(3,4)21-12)14(18)17-8-6-5-7-9-17/h11-13H,5-10H2,1-4H3/t11-,12-,13-/m1/s1. The van der Waals surface area contributed by atoms with Gasteiger partial charge in [-0.3, -0.25) is 4.79 Å². The van der Waals surface area contributed by atoms with Gasteiger partial charge in [0.15, 0.2) is 17.7 Å². The first-order chi connectivity index (χ1) is 10.3. The molecule has 0 radical (unpaired) electrons. The molecule has 3 fully saturated rings. The van der Waals surface area contributed by atoms with Crippen LogP contribution in [0.4, 0.5) is 0 Å². The van der Waals surface area contributed by atoms with Gasteiger partial charge < -0.3 is 23.8 Å². The molecule has 3 rings (SSSR count). The Morgan fingerprint density at radius 3 is 2.23 bits per heavy atom. The minimum atomic E-state index is -0.781. The maximum Gasteiger partial charge on any atom is 0.254 e. The average Bonchev–Trinajstić information content (AvgIpc) is 2.98. The van der Waals surface area contributed by atoms with Crippen LogP contribution in [0.3, 0.4) is 0 Å². The summed E-state index contributed by atoms with van der Waals surface area (Å²) in [5.41, 5.74) is 0. The van der Waals surface area contributed by atoms with Crippen molar-refractivity contribution in [1.82, 2.24) is 4.90 Å². The number of carbonyl (C=O) groups is 1. The van der Waals surface area contributed by atoms with E-state index in [1.807, 2.05) is 32.6 Å². The van der Waals surface area contributed by atoms with E-state index in [4.69, 9.17) is 18.9 Å². The number of piperidine rings is 1. The minimum Gasteiger partial charge on any atom is -0.348 e. The largest absolute Gasteiger partial charge is 0.348 e. The van der Waals surface area contributed by atoms with Crippen molar-refractivity contribution in [1.29, 1.82) is 0 Å². The fraction of sp³-hybridized carbons (Fsp3) is 0.938. The molecule has 0 saturated carbocycles. The van der Waals surface area contributed by atoms with Crippen molar-refractivity contribution in [2.24, 2.45) is 0 Å². The first-order valence-corrected chi connectivity index (χ1v) is 8.24. The van der Waals surface area contributed by atoms with Gasteiger partial charge >= 0.3 is 0 Å². The van der Waals surface area contributed by atoms with Crippen molar-refractivity contribution in [2.45, 2.75) is 76.8 Å². The van der Waals surface area contributed by atoms with Crippen molar-refractivity contribution in [3.63, 3.8) is 0 Å². The van der Waals surface area contributed by atoms with E-state index in [9.17, 15) is 4.79 Å². The molecule has 0 unspecified atom stereocenters. The van der Waals surface area contributed by atoms with Crippen molar-refractivity contribution in [2.75, 3.05) is 19.7 Å². The molecule has 0 aromatic rings. The molecule has 0 aromatic heterocycles. The zero-order valence-electron chi connectivity index (χ0n) is 14.0. The van der Waals surface area contributed by atoms with E-state index >= 15 is 0 Å². The quantitative estimate of drug-likeness (QED) is 0.776. The van der Waals surface area contributed by atoms with Gasteiger partial charge in [0.05, 0.1) is 6.61 Å².